The minimum atomic E-state index is -3.35. The number of imidazole rings is 1. The van der Waals surface area contributed by atoms with E-state index in [2.05, 4.69) is 4.98 Å². The van der Waals surface area contributed by atoms with Crippen LogP contribution < -0.4 is 0 Å². The molecule has 1 aromatic carbocycles. The summed E-state index contributed by atoms with van der Waals surface area (Å²) in [6.07, 6.45) is 1.10. The molecule has 0 aliphatic carbocycles. The topological polar surface area (TPSA) is 69.0 Å². The van der Waals surface area contributed by atoms with Crippen LogP contribution in [0.1, 0.15) is 12.7 Å². The molecule has 0 fully saturated rings. The molecule has 1 unspecified atom stereocenters. The summed E-state index contributed by atoms with van der Waals surface area (Å²) < 4.78 is 24.6. The number of carbonyl (C=O) groups excluding carboxylic acids is 1. The number of hydrogen-bond donors (Lipinski definition) is 0. The highest BCUT2D eigenvalue weighted by atomic mass is 32.2. The van der Waals surface area contributed by atoms with Gasteiger partial charge in [-0.15, -0.1) is 0 Å². The van der Waals surface area contributed by atoms with Crippen LogP contribution in [-0.4, -0.2) is 35.3 Å². The Bertz CT molecular complexity index is 731. The van der Waals surface area contributed by atoms with E-state index in [0.29, 0.717) is 5.82 Å². The number of fused-ring (bicyclic) bond motifs is 1. The van der Waals surface area contributed by atoms with Crippen LogP contribution in [-0.2, 0) is 28.1 Å². The summed E-state index contributed by atoms with van der Waals surface area (Å²) in [6, 6.07) is 7.55. The Kier molecular flexibility index (Phi) is 3.45. The number of para-hydroxylation sites is 2. The predicted octanol–water partition coefficient (Wildman–Crippen LogP) is 1.12. The fourth-order valence-electron chi connectivity index (χ4n) is 1.89. The molecule has 19 heavy (non-hydrogen) atoms. The van der Waals surface area contributed by atoms with Crippen LogP contribution in [0.25, 0.3) is 11.0 Å². The standard InChI is InChI=1S/C13H16N2O3S/c1-9(19(3,17)18)12(16)8-13-14-10-6-4-5-7-11(10)15(13)2/h4-7,9H,8H2,1-3H3. The van der Waals surface area contributed by atoms with E-state index in [1.807, 2.05) is 35.9 Å². The fourth-order valence-corrected chi connectivity index (χ4v) is 2.45. The maximum Gasteiger partial charge on any atom is 0.158 e. The van der Waals surface area contributed by atoms with Gasteiger partial charge in [-0.1, -0.05) is 12.1 Å². The number of carbonyl (C=O) groups is 1. The quantitative estimate of drug-likeness (QED) is 0.841. The zero-order chi connectivity index (χ0) is 14.2. The number of rotatable bonds is 4. The lowest BCUT2D eigenvalue weighted by Crippen LogP contribution is -2.28. The summed E-state index contributed by atoms with van der Waals surface area (Å²) in [5, 5.41) is -0.993. The molecular formula is C13H16N2O3S. The summed E-state index contributed by atoms with van der Waals surface area (Å²) in [5.41, 5.74) is 1.73. The highest BCUT2D eigenvalue weighted by molar-refractivity contribution is 7.92. The molecule has 2 aromatic rings. The molecular weight excluding hydrogens is 264 g/mol. The second-order valence-corrected chi connectivity index (χ2v) is 7.06. The molecule has 1 heterocycles. The minimum Gasteiger partial charge on any atom is -0.331 e. The normalized spacial score (nSPS) is 13.6. The molecule has 1 atom stereocenters. The monoisotopic (exact) mass is 280 g/mol. The van der Waals surface area contributed by atoms with Crippen molar-refractivity contribution in [3.8, 4) is 0 Å². The van der Waals surface area contributed by atoms with Crippen molar-refractivity contribution in [2.24, 2.45) is 7.05 Å². The first kappa shape index (κ1) is 13.7. The summed E-state index contributed by atoms with van der Waals surface area (Å²) in [5.74, 6) is 0.252. The van der Waals surface area contributed by atoms with Gasteiger partial charge in [-0.25, -0.2) is 13.4 Å². The van der Waals surface area contributed by atoms with Gasteiger partial charge in [0.2, 0.25) is 0 Å². The van der Waals surface area contributed by atoms with Crippen LogP contribution in [0.2, 0.25) is 0 Å². The van der Waals surface area contributed by atoms with E-state index in [9.17, 15) is 13.2 Å². The van der Waals surface area contributed by atoms with Crippen LogP contribution in [0.3, 0.4) is 0 Å². The molecule has 6 heteroatoms. The molecule has 0 aliphatic rings. The molecule has 0 saturated heterocycles. The van der Waals surface area contributed by atoms with Crippen molar-refractivity contribution in [3.63, 3.8) is 0 Å². The zero-order valence-electron chi connectivity index (χ0n) is 11.1. The Balaban J connectivity index is 2.32. The van der Waals surface area contributed by atoms with Gasteiger partial charge in [0.05, 0.1) is 17.5 Å². The molecule has 0 amide bonds. The number of hydrogen-bond acceptors (Lipinski definition) is 4. The van der Waals surface area contributed by atoms with Crippen molar-refractivity contribution in [3.05, 3.63) is 30.1 Å². The van der Waals surface area contributed by atoms with E-state index in [4.69, 9.17) is 0 Å². The molecule has 0 aliphatic heterocycles. The van der Waals surface area contributed by atoms with Gasteiger partial charge in [-0.2, -0.15) is 0 Å². The molecule has 5 nitrogen and oxygen atoms in total. The van der Waals surface area contributed by atoms with Crippen molar-refractivity contribution in [1.29, 1.82) is 0 Å². The molecule has 0 N–H and O–H groups in total. The largest absolute Gasteiger partial charge is 0.331 e. The number of ketones is 1. The number of aromatic nitrogens is 2. The fraction of sp³-hybridized carbons (Fsp3) is 0.385. The number of sulfone groups is 1. The molecule has 2 rings (SSSR count). The molecule has 0 spiro atoms. The lowest BCUT2D eigenvalue weighted by molar-refractivity contribution is -0.117. The molecule has 0 bridgehead atoms. The van der Waals surface area contributed by atoms with Gasteiger partial charge in [0.25, 0.3) is 0 Å². The van der Waals surface area contributed by atoms with Gasteiger partial charge in [0, 0.05) is 13.3 Å². The summed E-state index contributed by atoms with van der Waals surface area (Å²) in [4.78, 5) is 16.3. The van der Waals surface area contributed by atoms with Crippen molar-refractivity contribution in [1.82, 2.24) is 9.55 Å². The van der Waals surface area contributed by atoms with Crippen LogP contribution >= 0.6 is 0 Å². The van der Waals surface area contributed by atoms with Gasteiger partial charge in [-0.05, 0) is 19.1 Å². The van der Waals surface area contributed by atoms with Crippen molar-refractivity contribution < 1.29 is 13.2 Å². The van der Waals surface area contributed by atoms with Gasteiger partial charge in [0.15, 0.2) is 15.6 Å². The number of benzene rings is 1. The molecule has 1 aromatic heterocycles. The Morgan fingerprint density at radius 1 is 1.37 bits per heavy atom. The third kappa shape index (κ3) is 2.68. The average molecular weight is 280 g/mol. The van der Waals surface area contributed by atoms with Gasteiger partial charge >= 0.3 is 0 Å². The maximum atomic E-state index is 12.0. The van der Waals surface area contributed by atoms with Crippen LogP contribution in [0.5, 0.6) is 0 Å². The molecule has 0 saturated carbocycles. The Labute approximate surface area is 112 Å². The van der Waals surface area contributed by atoms with Crippen molar-refractivity contribution in [2.75, 3.05) is 6.26 Å². The lowest BCUT2D eigenvalue weighted by atomic mass is 10.2. The first-order valence-corrected chi connectivity index (χ1v) is 7.88. The minimum absolute atomic E-state index is 0.0272. The third-order valence-corrected chi connectivity index (χ3v) is 4.86. The van der Waals surface area contributed by atoms with E-state index >= 15 is 0 Å². The highest BCUT2D eigenvalue weighted by Gasteiger charge is 2.24. The van der Waals surface area contributed by atoms with Crippen molar-refractivity contribution >= 4 is 26.7 Å². The second kappa shape index (κ2) is 4.77. The van der Waals surface area contributed by atoms with E-state index in [1.165, 1.54) is 6.92 Å². The average Bonchev–Trinajstić information content (AvgIpc) is 2.65. The summed E-state index contributed by atoms with van der Waals surface area (Å²) in [6.45, 7) is 1.42. The predicted molar refractivity (Wildman–Crippen MR) is 73.7 cm³/mol. The molecule has 0 radical (unpaired) electrons. The smallest absolute Gasteiger partial charge is 0.158 e. The van der Waals surface area contributed by atoms with Crippen LogP contribution in [0.15, 0.2) is 24.3 Å². The number of nitrogens with zero attached hydrogens (tertiary/aromatic N) is 2. The third-order valence-electron chi connectivity index (χ3n) is 3.31. The van der Waals surface area contributed by atoms with Crippen LogP contribution in [0.4, 0.5) is 0 Å². The lowest BCUT2D eigenvalue weighted by Gasteiger charge is -2.08. The Morgan fingerprint density at radius 2 is 2.00 bits per heavy atom. The zero-order valence-corrected chi connectivity index (χ0v) is 11.9. The second-order valence-electron chi connectivity index (χ2n) is 4.69. The SMILES string of the molecule is CC(C(=O)Cc1nc2ccccc2n1C)S(C)(=O)=O. The van der Waals surface area contributed by atoms with Gasteiger partial charge in [-0.3, -0.25) is 4.79 Å². The number of aryl methyl sites for hydroxylation is 1. The Hall–Kier alpha value is -1.69. The van der Waals surface area contributed by atoms with E-state index < -0.39 is 15.1 Å². The maximum absolute atomic E-state index is 12.0. The van der Waals surface area contributed by atoms with E-state index in [-0.39, 0.29) is 12.2 Å². The first-order chi connectivity index (χ1) is 8.80. The first-order valence-electron chi connectivity index (χ1n) is 5.92. The van der Waals surface area contributed by atoms with Gasteiger partial charge in [0.1, 0.15) is 11.1 Å². The van der Waals surface area contributed by atoms with Gasteiger partial charge < -0.3 is 4.57 Å². The van der Waals surface area contributed by atoms with E-state index in [1.54, 1.807) is 0 Å². The number of Topliss-reactive ketones (excluding diaryl/α,β-unsaturated/α-hetero) is 1. The summed E-state index contributed by atoms with van der Waals surface area (Å²) >= 11 is 0. The molecule has 102 valence electrons. The van der Waals surface area contributed by atoms with Crippen LogP contribution in [0, 0.1) is 0 Å². The van der Waals surface area contributed by atoms with Crippen molar-refractivity contribution in [2.45, 2.75) is 18.6 Å². The summed E-state index contributed by atoms with van der Waals surface area (Å²) in [7, 11) is -1.53. The Morgan fingerprint density at radius 3 is 2.58 bits per heavy atom. The highest BCUT2D eigenvalue weighted by Crippen LogP contribution is 2.15. The van der Waals surface area contributed by atoms with E-state index in [0.717, 1.165) is 17.3 Å².